The molecule has 2 atom stereocenters. The van der Waals surface area contributed by atoms with Crippen LogP contribution in [0.5, 0.6) is 0 Å². The second-order valence-electron chi connectivity index (χ2n) is 6.08. The van der Waals surface area contributed by atoms with Crippen molar-refractivity contribution in [2.75, 3.05) is 26.7 Å². The molecule has 1 N–H and O–H groups in total. The van der Waals surface area contributed by atoms with Crippen molar-refractivity contribution in [3.05, 3.63) is 0 Å². The van der Waals surface area contributed by atoms with E-state index in [1.165, 1.54) is 0 Å². The van der Waals surface area contributed by atoms with Crippen molar-refractivity contribution in [2.24, 2.45) is 5.92 Å². The molecule has 1 rings (SSSR count). The first-order valence-electron chi connectivity index (χ1n) is 7.74. The summed E-state index contributed by atoms with van der Waals surface area (Å²) in [6, 6.07) is 0.0423. The lowest BCUT2D eigenvalue weighted by Crippen LogP contribution is -2.42. The van der Waals surface area contributed by atoms with Gasteiger partial charge in [0.2, 0.25) is 5.91 Å². The molecule has 1 amide bonds. The standard InChI is InChI=1S/C15H31N3O/c1-6-8-13-15(19)18(10-9-17(5)7-2)14(16-13)11-12(3)4/h12-14,16H,6-11H2,1-5H3. The Morgan fingerprint density at radius 1 is 1.37 bits per heavy atom. The third kappa shape index (κ3) is 4.77. The van der Waals surface area contributed by atoms with Gasteiger partial charge < -0.3 is 9.80 Å². The van der Waals surface area contributed by atoms with Crippen molar-refractivity contribution < 1.29 is 4.79 Å². The summed E-state index contributed by atoms with van der Waals surface area (Å²) in [6.45, 7) is 11.6. The van der Waals surface area contributed by atoms with Crippen LogP contribution in [0.2, 0.25) is 0 Å². The van der Waals surface area contributed by atoms with Gasteiger partial charge in [0.25, 0.3) is 0 Å². The minimum atomic E-state index is 0.0423. The first kappa shape index (κ1) is 16.4. The van der Waals surface area contributed by atoms with Crippen molar-refractivity contribution in [1.29, 1.82) is 0 Å². The molecule has 0 aromatic carbocycles. The highest BCUT2D eigenvalue weighted by Crippen LogP contribution is 2.19. The Hall–Kier alpha value is -0.610. The molecular weight excluding hydrogens is 238 g/mol. The van der Waals surface area contributed by atoms with Crippen LogP contribution < -0.4 is 5.32 Å². The van der Waals surface area contributed by atoms with Gasteiger partial charge in [-0.25, -0.2) is 0 Å². The van der Waals surface area contributed by atoms with Gasteiger partial charge in [-0.1, -0.05) is 34.1 Å². The Labute approximate surface area is 118 Å². The average molecular weight is 269 g/mol. The van der Waals surface area contributed by atoms with Gasteiger partial charge in [-0.2, -0.15) is 0 Å². The summed E-state index contributed by atoms with van der Waals surface area (Å²) < 4.78 is 0. The van der Waals surface area contributed by atoms with Gasteiger partial charge in [0, 0.05) is 13.1 Å². The quantitative estimate of drug-likeness (QED) is 0.731. The fraction of sp³-hybridized carbons (Fsp3) is 0.933. The Kier molecular flexibility index (Phi) is 6.80. The normalized spacial score (nSPS) is 23.9. The summed E-state index contributed by atoms with van der Waals surface area (Å²) in [5.41, 5.74) is 0. The van der Waals surface area contributed by atoms with Gasteiger partial charge in [0.05, 0.1) is 12.2 Å². The third-order valence-electron chi connectivity index (χ3n) is 3.89. The van der Waals surface area contributed by atoms with E-state index in [0.717, 1.165) is 38.9 Å². The summed E-state index contributed by atoms with van der Waals surface area (Å²) >= 11 is 0. The van der Waals surface area contributed by atoms with E-state index in [1.807, 2.05) is 0 Å². The second kappa shape index (κ2) is 7.85. The van der Waals surface area contributed by atoms with Crippen molar-refractivity contribution >= 4 is 5.91 Å². The van der Waals surface area contributed by atoms with Crippen LogP contribution in [0, 0.1) is 5.92 Å². The first-order chi connectivity index (χ1) is 8.99. The number of nitrogens with one attached hydrogen (secondary N) is 1. The molecule has 4 heteroatoms. The topological polar surface area (TPSA) is 35.6 Å². The third-order valence-corrected chi connectivity index (χ3v) is 3.89. The van der Waals surface area contributed by atoms with Crippen LogP contribution in [0.25, 0.3) is 0 Å². The van der Waals surface area contributed by atoms with E-state index >= 15 is 0 Å². The minimum Gasteiger partial charge on any atom is -0.325 e. The molecule has 0 aliphatic carbocycles. The monoisotopic (exact) mass is 269 g/mol. The smallest absolute Gasteiger partial charge is 0.241 e. The molecule has 1 aliphatic rings. The molecule has 0 aromatic heterocycles. The number of carbonyl (C=O) groups is 1. The molecule has 0 aromatic rings. The van der Waals surface area contributed by atoms with E-state index in [-0.39, 0.29) is 12.2 Å². The zero-order valence-corrected chi connectivity index (χ0v) is 13.3. The minimum absolute atomic E-state index is 0.0423. The number of carbonyl (C=O) groups excluding carboxylic acids is 1. The summed E-state index contributed by atoms with van der Waals surface area (Å²) in [7, 11) is 2.11. The molecule has 0 spiro atoms. The van der Waals surface area contributed by atoms with E-state index in [0.29, 0.717) is 11.8 Å². The maximum absolute atomic E-state index is 12.4. The number of hydrogen-bond acceptors (Lipinski definition) is 3. The summed E-state index contributed by atoms with van der Waals surface area (Å²) in [5.74, 6) is 0.911. The number of nitrogens with zero attached hydrogens (tertiary/aromatic N) is 2. The predicted octanol–water partition coefficient (Wildman–Crippen LogP) is 1.91. The lowest BCUT2D eigenvalue weighted by Gasteiger charge is -2.27. The number of rotatable bonds is 8. The number of amides is 1. The van der Waals surface area contributed by atoms with E-state index in [9.17, 15) is 4.79 Å². The predicted molar refractivity (Wildman–Crippen MR) is 80.0 cm³/mol. The maximum Gasteiger partial charge on any atom is 0.241 e. The molecular formula is C15H31N3O. The highest BCUT2D eigenvalue weighted by Gasteiger charge is 2.37. The van der Waals surface area contributed by atoms with Crippen molar-refractivity contribution in [3.8, 4) is 0 Å². The molecule has 1 fully saturated rings. The Bertz CT molecular complexity index is 281. The van der Waals surface area contributed by atoms with Crippen LogP contribution in [-0.4, -0.2) is 54.6 Å². The maximum atomic E-state index is 12.4. The Morgan fingerprint density at radius 3 is 2.58 bits per heavy atom. The van der Waals surface area contributed by atoms with Gasteiger partial charge in [-0.15, -0.1) is 0 Å². The molecule has 112 valence electrons. The summed E-state index contributed by atoms with van der Waals surface area (Å²) in [6.07, 6.45) is 3.28. The van der Waals surface area contributed by atoms with E-state index in [2.05, 4.69) is 49.9 Å². The Balaban J connectivity index is 2.62. The first-order valence-corrected chi connectivity index (χ1v) is 7.74. The molecule has 0 bridgehead atoms. The fourth-order valence-corrected chi connectivity index (χ4v) is 2.59. The highest BCUT2D eigenvalue weighted by atomic mass is 16.2. The molecule has 0 saturated carbocycles. The summed E-state index contributed by atoms with van der Waals surface area (Å²) in [5, 5.41) is 3.52. The van der Waals surface area contributed by atoms with Gasteiger partial charge in [0.15, 0.2) is 0 Å². The zero-order chi connectivity index (χ0) is 14.4. The van der Waals surface area contributed by atoms with Crippen molar-refractivity contribution in [3.63, 3.8) is 0 Å². The molecule has 2 unspecified atom stereocenters. The SMILES string of the molecule is CCCC1NC(CC(C)C)N(CCN(C)CC)C1=O. The van der Waals surface area contributed by atoms with Crippen LogP contribution >= 0.6 is 0 Å². The number of hydrogen-bond donors (Lipinski definition) is 1. The largest absolute Gasteiger partial charge is 0.325 e. The van der Waals surface area contributed by atoms with Crippen LogP contribution in [-0.2, 0) is 4.79 Å². The van der Waals surface area contributed by atoms with Gasteiger partial charge in [0.1, 0.15) is 0 Å². The van der Waals surface area contributed by atoms with Crippen molar-refractivity contribution in [2.45, 2.75) is 59.2 Å². The van der Waals surface area contributed by atoms with Crippen molar-refractivity contribution in [1.82, 2.24) is 15.1 Å². The van der Waals surface area contributed by atoms with E-state index in [4.69, 9.17) is 0 Å². The van der Waals surface area contributed by atoms with Crippen LogP contribution in [0.4, 0.5) is 0 Å². The molecule has 1 aliphatic heterocycles. The van der Waals surface area contributed by atoms with E-state index < -0.39 is 0 Å². The Morgan fingerprint density at radius 2 is 2.05 bits per heavy atom. The number of likely N-dealkylation sites (N-methyl/N-ethyl adjacent to an activating group) is 1. The van der Waals surface area contributed by atoms with Gasteiger partial charge in [-0.05, 0) is 32.4 Å². The molecule has 4 nitrogen and oxygen atoms in total. The average Bonchev–Trinajstić information content (AvgIpc) is 2.63. The van der Waals surface area contributed by atoms with Crippen LogP contribution in [0.3, 0.4) is 0 Å². The summed E-state index contributed by atoms with van der Waals surface area (Å²) in [4.78, 5) is 16.8. The lowest BCUT2D eigenvalue weighted by atomic mass is 10.1. The highest BCUT2D eigenvalue weighted by molar-refractivity contribution is 5.84. The van der Waals surface area contributed by atoms with E-state index in [1.54, 1.807) is 0 Å². The fourth-order valence-electron chi connectivity index (χ4n) is 2.59. The molecule has 0 radical (unpaired) electrons. The molecule has 1 heterocycles. The zero-order valence-electron chi connectivity index (χ0n) is 13.3. The van der Waals surface area contributed by atoms with Gasteiger partial charge in [-0.3, -0.25) is 10.1 Å². The van der Waals surface area contributed by atoms with Gasteiger partial charge >= 0.3 is 0 Å². The molecule has 1 saturated heterocycles. The lowest BCUT2D eigenvalue weighted by molar-refractivity contribution is -0.130. The second-order valence-corrected chi connectivity index (χ2v) is 6.08. The molecule has 19 heavy (non-hydrogen) atoms. The van der Waals surface area contributed by atoms with Crippen LogP contribution in [0.15, 0.2) is 0 Å². The van der Waals surface area contributed by atoms with Crippen LogP contribution in [0.1, 0.15) is 47.0 Å².